The van der Waals surface area contributed by atoms with Crippen LogP contribution in [0.4, 0.5) is 0 Å². The van der Waals surface area contributed by atoms with Crippen molar-refractivity contribution < 1.29 is 0 Å². The Kier molecular flexibility index (Phi) is 2.19. The maximum atomic E-state index is 3.89. The average molecular weight is 173 g/mol. The Morgan fingerprint density at radius 3 is 2.80 bits per heavy atom. The van der Waals surface area contributed by atoms with E-state index in [-0.39, 0.29) is 12.4 Å². The van der Waals surface area contributed by atoms with Crippen LogP contribution in [0.2, 0.25) is 0 Å². The van der Waals surface area contributed by atoms with Gasteiger partial charge in [0.1, 0.15) is 5.52 Å². The number of halogens is 1. The largest absolute Gasteiger partial charge is 0.147 e. The molecule has 52 valence electrons. The maximum absolute atomic E-state index is 3.89. The lowest BCUT2D eigenvalue weighted by atomic mass is 10.3. The summed E-state index contributed by atoms with van der Waals surface area (Å²) in [5.74, 6) is 0. The van der Waals surface area contributed by atoms with Crippen LogP contribution in [0, 0.1) is 0 Å². The van der Waals surface area contributed by atoms with Gasteiger partial charge in [0.25, 0.3) is 0 Å². The summed E-state index contributed by atoms with van der Waals surface area (Å²) in [6, 6.07) is 7.92. The smallest absolute Gasteiger partial charge is 0.105 e. The minimum Gasteiger partial charge on any atom is -0.147 e. The molecule has 0 N–H and O–H groups in total. The highest BCUT2D eigenvalue weighted by Crippen LogP contribution is 2.12. The maximum Gasteiger partial charge on any atom is 0.105 e. The number of rotatable bonds is 0. The molecule has 0 unspecified atom stereocenters. The van der Waals surface area contributed by atoms with Crippen LogP contribution < -0.4 is 0 Å². The van der Waals surface area contributed by atoms with Crippen LogP contribution in [-0.2, 0) is 0 Å². The van der Waals surface area contributed by atoms with E-state index in [0.717, 1.165) is 10.2 Å². The van der Waals surface area contributed by atoms with Crippen molar-refractivity contribution in [3.63, 3.8) is 0 Å². The molecule has 0 bridgehead atoms. The zero-order valence-corrected chi connectivity index (χ0v) is 6.65. The van der Waals surface area contributed by atoms with Crippen LogP contribution in [0.1, 0.15) is 0 Å². The van der Waals surface area contributed by atoms with Gasteiger partial charge in [-0.15, -0.1) is 17.5 Å². The van der Waals surface area contributed by atoms with E-state index in [1.54, 1.807) is 0 Å². The number of hydrogen-bond donors (Lipinski definition) is 0. The Bertz CT molecular complexity index is 290. The standard InChI is InChI=1S/C6H4N2S.ClH/c1-2-4-6-5(3-1)7-8-9-6;/h1-4H;1H. The fourth-order valence-corrected chi connectivity index (χ4v) is 1.28. The van der Waals surface area contributed by atoms with Crippen LogP contribution in [0.15, 0.2) is 24.3 Å². The molecular formula is C6H5ClN2S. The first-order chi connectivity index (χ1) is 4.47. The van der Waals surface area contributed by atoms with E-state index in [4.69, 9.17) is 0 Å². The summed E-state index contributed by atoms with van der Waals surface area (Å²) >= 11 is 1.43. The summed E-state index contributed by atoms with van der Waals surface area (Å²) in [6.45, 7) is 0. The molecule has 4 heteroatoms. The number of aromatic nitrogens is 2. The van der Waals surface area contributed by atoms with Crippen molar-refractivity contribution >= 4 is 34.2 Å². The molecule has 0 aliphatic rings. The summed E-state index contributed by atoms with van der Waals surface area (Å²) in [6.07, 6.45) is 0. The van der Waals surface area contributed by atoms with Gasteiger partial charge in [0, 0.05) is 0 Å². The van der Waals surface area contributed by atoms with Crippen LogP contribution in [-0.4, -0.2) is 9.59 Å². The molecule has 1 aromatic carbocycles. The summed E-state index contributed by atoms with van der Waals surface area (Å²) < 4.78 is 4.94. The van der Waals surface area contributed by atoms with Gasteiger partial charge in [-0.1, -0.05) is 16.6 Å². The highest BCUT2D eigenvalue weighted by Gasteiger charge is 1.91. The van der Waals surface area contributed by atoms with E-state index in [1.807, 2.05) is 24.3 Å². The van der Waals surface area contributed by atoms with Crippen molar-refractivity contribution in [3.8, 4) is 0 Å². The summed E-state index contributed by atoms with van der Waals surface area (Å²) in [5, 5.41) is 3.89. The van der Waals surface area contributed by atoms with Gasteiger partial charge < -0.3 is 0 Å². The molecule has 0 saturated heterocycles. The lowest BCUT2D eigenvalue weighted by molar-refractivity contribution is 1.20. The Morgan fingerprint density at radius 1 is 1.20 bits per heavy atom. The van der Waals surface area contributed by atoms with Gasteiger partial charge in [-0.3, -0.25) is 0 Å². The lowest BCUT2D eigenvalue weighted by Gasteiger charge is -1.78. The molecule has 1 heterocycles. The molecule has 0 fully saturated rings. The molecule has 2 rings (SSSR count). The summed E-state index contributed by atoms with van der Waals surface area (Å²) in [7, 11) is 0. The fraction of sp³-hybridized carbons (Fsp3) is 0. The number of hydrogen-bond acceptors (Lipinski definition) is 3. The molecule has 0 aliphatic heterocycles. The molecule has 0 aliphatic carbocycles. The van der Waals surface area contributed by atoms with E-state index in [0.29, 0.717) is 0 Å². The van der Waals surface area contributed by atoms with Gasteiger partial charge in [0.2, 0.25) is 0 Å². The van der Waals surface area contributed by atoms with E-state index < -0.39 is 0 Å². The first-order valence-corrected chi connectivity index (χ1v) is 3.41. The monoisotopic (exact) mass is 172 g/mol. The first kappa shape index (κ1) is 7.44. The van der Waals surface area contributed by atoms with Gasteiger partial charge in [0.05, 0.1) is 4.70 Å². The second-order valence-electron chi connectivity index (χ2n) is 1.74. The van der Waals surface area contributed by atoms with Crippen molar-refractivity contribution in [1.29, 1.82) is 0 Å². The van der Waals surface area contributed by atoms with Crippen LogP contribution in [0.5, 0.6) is 0 Å². The molecule has 0 saturated carbocycles. The second-order valence-corrected chi connectivity index (χ2v) is 2.53. The predicted molar refractivity (Wildman–Crippen MR) is 44.7 cm³/mol. The quantitative estimate of drug-likeness (QED) is 0.609. The highest BCUT2D eigenvalue weighted by atomic mass is 35.5. The molecular weight excluding hydrogens is 168 g/mol. The van der Waals surface area contributed by atoms with Gasteiger partial charge >= 0.3 is 0 Å². The third kappa shape index (κ3) is 1.10. The van der Waals surface area contributed by atoms with Gasteiger partial charge in [-0.2, -0.15) is 0 Å². The number of nitrogens with zero attached hydrogens (tertiary/aromatic N) is 2. The second kappa shape index (κ2) is 2.94. The molecule has 0 radical (unpaired) electrons. The Hall–Kier alpha value is -0.670. The van der Waals surface area contributed by atoms with E-state index in [2.05, 4.69) is 9.59 Å². The SMILES string of the molecule is Cl.c1ccc2snnc2c1. The van der Waals surface area contributed by atoms with Crippen LogP contribution in [0.25, 0.3) is 10.2 Å². The summed E-state index contributed by atoms with van der Waals surface area (Å²) in [4.78, 5) is 0. The van der Waals surface area contributed by atoms with Crippen molar-refractivity contribution in [3.05, 3.63) is 24.3 Å². The topological polar surface area (TPSA) is 25.8 Å². The average Bonchev–Trinajstić information content (AvgIpc) is 2.33. The molecule has 0 amide bonds. The minimum absolute atomic E-state index is 0. The van der Waals surface area contributed by atoms with Gasteiger partial charge in [-0.05, 0) is 23.7 Å². The Labute approximate surface area is 68.5 Å². The minimum atomic E-state index is 0. The molecule has 0 atom stereocenters. The normalized spacial score (nSPS) is 9.20. The van der Waals surface area contributed by atoms with Crippen molar-refractivity contribution in [2.45, 2.75) is 0 Å². The Balaban J connectivity index is 0.000000500. The molecule has 2 aromatic rings. The van der Waals surface area contributed by atoms with Crippen molar-refractivity contribution in [2.75, 3.05) is 0 Å². The molecule has 2 nitrogen and oxygen atoms in total. The molecule has 10 heavy (non-hydrogen) atoms. The number of fused-ring (bicyclic) bond motifs is 1. The number of benzene rings is 1. The van der Waals surface area contributed by atoms with E-state index in [9.17, 15) is 0 Å². The highest BCUT2D eigenvalue weighted by molar-refractivity contribution is 7.12. The van der Waals surface area contributed by atoms with Crippen LogP contribution in [0.3, 0.4) is 0 Å². The van der Waals surface area contributed by atoms with Gasteiger partial charge in [0.15, 0.2) is 0 Å². The van der Waals surface area contributed by atoms with E-state index in [1.165, 1.54) is 11.5 Å². The zero-order valence-electron chi connectivity index (χ0n) is 5.02. The predicted octanol–water partition coefficient (Wildman–Crippen LogP) is 2.11. The summed E-state index contributed by atoms with van der Waals surface area (Å²) in [5.41, 5.74) is 0.988. The molecule has 0 spiro atoms. The Morgan fingerprint density at radius 2 is 2.00 bits per heavy atom. The lowest BCUT2D eigenvalue weighted by Crippen LogP contribution is -1.63. The van der Waals surface area contributed by atoms with Gasteiger partial charge in [-0.25, -0.2) is 0 Å². The fourth-order valence-electron chi connectivity index (χ4n) is 0.725. The van der Waals surface area contributed by atoms with Crippen molar-refractivity contribution in [2.24, 2.45) is 0 Å². The molecule has 1 aromatic heterocycles. The van der Waals surface area contributed by atoms with Crippen LogP contribution >= 0.6 is 23.9 Å². The zero-order chi connectivity index (χ0) is 6.10. The third-order valence-corrected chi connectivity index (χ3v) is 1.86. The third-order valence-electron chi connectivity index (χ3n) is 1.15. The first-order valence-electron chi connectivity index (χ1n) is 2.64. The van der Waals surface area contributed by atoms with Crippen molar-refractivity contribution in [1.82, 2.24) is 9.59 Å². The van der Waals surface area contributed by atoms with E-state index >= 15 is 0 Å².